The Morgan fingerprint density at radius 2 is 1.75 bits per heavy atom. The number of hydrogen-bond donors (Lipinski definition) is 0. The quantitative estimate of drug-likeness (QED) is 0.280. The smallest absolute Gasteiger partial charge is 0.375 e. The Bertz CT molecular complexity index is 282. The summed E-state index contributed by atoms with van der Waals surface area (Å²) in [6.07, 6.45) is 1.45. The van der Waals surface area contributed by atoms with Crippen molar-refractivity contribution in [1.29, 1.82) is 0 Å². The van der Waals surface area contributed by atoms with E-state index in [4.69, 9.17) is 4.74 Å². The first-order chi connectivity index (χ1) is 7.58. The SMILES string of the molecule is C=CCC(C(=O)OCC)C(=O)C(=O)OCC. The first kappa shape index (κ1) is 14.3. The van der Waals surface area contributed by atoms with Gasteiger partial charge in [-0.25, -0.2) is 4.79 Å². The van der Waals surface area contributed by atoms with Crippen LogP contribution in [0.2, 0.25) is 0 Å². The Morgan fingerprint density at radius 1 is 1.19 bits per heavy atom. The minimum absolute atomic E-state index is 0.0660. The highest BCUT2D eigenvalue weighted by atomic mass is 16.5. The summed E-state index contributed by atoms with van der Waals surface area (Å²) in [4.78, 5) is 34.1. The molecule has 0 bridgehead atoms. The largest absolute Gasteiger partial charge is 0.465 e. The molecule has 0 aliphatic heterocycles. The fraction of sp³-hybridized carbons (Fsp3) is 0.545. The Labute approximate surface area is 94.4 Å². The molecular weight excluding hydrogens is 212 g/mol. The summed E-state index contributed by atoms with van der Waals surface area (Å²) in [5.74, 6) is -3.76. The van der Waals surface area contributed by atoms with Crippen LogP contribution in [0.25, 0.3) is 0 Å². The molecular formula is C11H16O5. The highest BCUT2D eigenvalue weighted by molar-refractivity contribution is 6.37. The molecule has 0 aromatic carbocycles. The van der Waals surface area contributed by atoms with E-state index in [0.717, 1.165) is 0 Å². The molecule has 0 spiro atoms. The van der Waals surface area contributed by atoms with Crippen LogP contribution in [0, 0.1) is 5.92 Å². The van der Waals surface area contributed by atoms with Crippen LogP contribution in [-0.4, -0.2) is 30.9 Å². The van der Waals surface area contributed by atoms with Crippen LogP contribution in [0.5, 0.6) is 0 Å². The van der Waals surface area contributed by atoms with Gasteiger partial charge in [0.05, 0.1) is 13.2 Å². The molecule has 0 aliphatic rings. The summed E-state index contributed by atoms with van der Waals surface area (Å²) in [6, 6.07) is 0. The zero-order valence-electron chi connectivity index (χ0n) is 9.52. The van der Waals surface area contributed by atoms with E-state index < -0.39 is 23.6 Å². The summed E-state index contributed by atoms with van der Waals surface area (Å²) in [5.41, 5.74) is 0. The van der Waals surface area contributed by atoms with E-state index in [2.05, 4.69) is 11.3 Å². The topological polar surface area (TPSA) is 69.7 Å². The maximum atomic E-state index is 11.5. The number of rotatable bonds is 7. The molecule has 0 aromatic heterocycles. The van der Waals surface area contributed by atoms with Crippen molar-refractivity contribution in [3.05, 3.63) is 12.7 Å². The van der Waals surface area contributed by atoms with Gasteiger partial charge in [-0.1, -0.05) is 6.08 Å². The molecule has 0 radical (unpaired) electrons. The molecule has 5 nitrogen and oxygen atoms in total. The molecule has 0 N–H and O–H groups in total. The first-order valence-electron chi connectivity index (χ1n) is 5.06. The highest BCUT2D eigenvalue weighted by Crippen LogP contribution is 2.09. The Balaban J connectivity index is 4.63. The number of ketones is 1. The molecule has 0 fully saturated rings. The lowest BCUT2D eigenvalue weighted by atomic mass is 10.0. The van der Waals surface area contributed by atoms with E-state index in [1.54, 1.807) is 13.8 Å². The second kappa shape index (κ2) is 7.62. The normalized spacial score (nSPS) is 11.4. The number of carbonyl (C=O) groups excluding carboxylic acids is 3. The van der Waals surface area contributed by atoms with Crippen molar-refractivity contribution in [3.8, 4) is 0 Å². The molecule has 90 valence electrons. The number of allylic oxidation sites excluding steroid dienone is 1. The van der Waals surface area contributed by atoms with Crippen LogP contribution in [0.4, 0.5) is 0 Å². The fourth-order valence-corrected chi connectivity index (χ4v) is 1.06. The lowest BCUT2D eigenvalue weighted by Gasteiger charge is -2.11. The van der Waals surface area contributed by atoms with E-state index >= 15 is 0 Å². The number of esters is 2. The molecule has 0 amide bonds. The number of carbonyl (C=O) groups is 3. The van der Waals surface area contributed by atoms with Gasteiger partial charge in [-0.05, 0) is 20.3 Å². The number of hydrogen-bond acceptors (Lipinski definition) is 5. The summed E-state index contributed by atoms with van der Waals surface area (Å²) in [5, 5.41) is 0. The number of Topliss-reactive ketones (excluding diaryl/α,β-unsaturated/α-hetero) is 1. The molecule has 0 rings (SSSR count). The van der Waals surface area contributed by atoms with E-state index in [1.807, 2.05) is 0 Å². The van der Waals surface area contributed by atoms with Crippen molar-refractivity contribution in [2.45, 2.75) is 20.3 Å². The molecule has 0 aromatic rings. The molecule has 1 atom stereocenters. The second-order valence-corrected chi connectivity index (χ2v) is 2.91. The van der Waals surface area contributed by atoms with Gasteiger partial charge in [-0.15, -0.1) is 6.58 Å². The van der Waals surface area contributed by atoms with Gasteiger partial charge in [-0.2, -0.15) is 0 Å². The van der Waals surface area contributed by atoms with E-state index in [0.29, 0.717) is 0 Å². The average molecular weight is 228 g/mol. The third-order valence-electron chi connectivity index (χ3n) is 1.77. The second-order valence-electron chi connectivity index (χ2n) is 2.91. The lowest BCUT2D eigenvalue weighted by Crippen LogP contribution is -2.32. The maximum absolute atomic E-state index is 11.5. The fourth-order valence-electron chi connectivity index (χ4n) is 1.06. The third-order valence-corrected chi connectivity index (χ3v) is 1.77. The monoisotopic (exact) mass is 228 g/mol. The third kappa shape index (κ3) is 4.25. The van der Waals surface area contributed by atoms with Crippen LogP contribution >= 0.6 is 0 Å². The predicted octanol–water partition coefficient (Wildman–Crippen LogP) is 0.874. The Kier molecular flexibility index (Phi) is 6.83. The number of ether oxygens (including phenoxy) is 2. The standard InChI is InChI=1S/C11H16O5/c1-4-7-8(10(13)15-5-2)9(12)11(14)16-6-3/h4,8H,1,5-7H2,2-3H3. The summed E-state index contributed by atoms with van der Waals surface area (Å²) >= 11 is 0. The van der Waals surface area contributed by atoms with E-state index in [-0.39, 0.29) is 19.6 Å². The minimum Gasteiger partial charge on any atom is -0.465 e. The summed E-state index contributed by atoms with van der Waals surface area (Å²) in [7, 11) is 0. The molecule has 0 aliphatic carbocycles. The lowest BCUT2D eigenvalue weighted by molar-refractivity contribution is -0.161. The van der Waals surface area contributed by atoms with Gasteiger partial charge in [0, 0.05) is 0 Å². The molecule has 1 unspecified atom stereocenters. The van der Waals surface area contributed by atoms with Crippen molar-refractivity contribution in [3.63, 3.8) is 0 Å². The van der Waals surface area contributed by atoms with Gasteiger partial charge >= 0.3 is 11.9 Å². The predicted molar refractivity (Wildman–Crippen MR) is 56.6 cm³/mol. The summed E-state index contributed by atoms with van der Waals surface area (Å²) < 4.78 is 9.22. The van der Waals surface area contributed by atoms with Crippen molar-refractivity contribution in [2.75, 3.05) is 13.2 Å². The van der Waals surface area contributed by atoms with Crippen LogP contribution < -0.4 is 0 Å². The van der Waals surface area contributed by atoms with Gasteiger partial charge in [0.15, 0.2) is 0 Å². The zero-order chi connectivity index (χ0) is 12.6. The van der Waals surface area contributed by atoms with E-state index in [9.17, 15) is 14.4 Å². The summed E-state index contributed by atoms with van der Waals surface area (Å²) in [6.45, 7) is 6.87. The molecule has 16 heavy (non-hydrogen) atoms. The average Bonchev–Trinajstić information content (AvgIpc) is 2.25. The van der Waals surface area contributed by atoms with E-state index in [1.165, 1.54) is 6.08 Å². The van der Waals surface area contributed by atoms with Gasteiger partial charge < -0.3 is 9.47 Å². The van der Waals surface area contributed by atoms with Crippen LogP contribution in [0.15, 0.2) is 12.7 Å². The van der Waals surface area contributed by atoms with Crippen molar-refractivity contribution < 1.29 is 23.9 Å². The molecule has 0 heterocycles. The Hall–Kier alpha value is -1.65. The van der Waals surface area contributed by atoms with Crippen LogP contribution in [-0.2, 0) is 23.9 Å². The van der Waals surface area contributed by atoms with Crippen molar-refractivity contribution in [2.24, 2.45) is 5.92 Å². The van der Waals surface area contributed by atoms with Crippen molar-refractivity contribution >= 4 is 17.7 Å². The van der Waals surface area contributed by atoms with Crippen LogP contribution in [0.3, 0.4) is 0 Å². The zero-order valence-corrected chi connectivity index (χ0v) is 9.52. The molecule has 5 heteroatoms. The van der Waals surface area contributed by atoms with Gasteiger partial charge in [0.1, 0.15) is 5.92 Å². The van der Waals surface area contributed by atoms with Gasteiger partial charge in [0.25, 0.3) is 5.78 Å². The Morgan fingerprint density at radius 3 is 2.19 bits per heavy atom. The van der Waals surface area contributed by atoms with Crippen LogP contribution in [0.1, 0.15) is 20.3 Å². The molecule has 0 saturated heterocycles. The van der Waals surface area contributed by atoms with Crippen molar-refractivity contribution in [1.82, 2.24) is 0 Å². The van der Waals surface area contributed by atoms with Gasteiger partial charge in [0.2, 0.25) is 0 Å². The maximum Gasteiger partial charge on any atom is 0.375 e. The van der Waals surface area contributed by atoms with Gasteiger partial charge in [-0.3, -0.25) is 9.59 Å². The molecule has 0 saturated carbocycles. The highest BCUT2D eigenvalue weighted by Gasteiger charge is 2.32. The minimum atomic E-state index is -1.14. The first-order valence-corrected chi connectivity index (χ1v) is 5.06.